The van der Waals surface area contributed by atoms with Crippen molar-refractivity contribution < 1.29 is 19.4 Å². The first-order valence-corrected chi connectivity index (χ1v) is 3.86. The van der Waals surface area contributed by atoms with Crippen LogP contribution >= 0.6 is 13.5 Å². The smallest absolute Gasteiger partial charge is 0.407 e. The van der Waals surface area contributed by atoms with Crippen LogP contribution in [0.1, 0.15) is 20.8 Å². The van der Waals surface area contributed by atoms with E-state index in [1.54, 1.807) is 20.8 Å². The van der Waals surface area contributed by atoms with Gasteiger partial charge in [-0.2, -0.15) is 13.5 Å². The van der Waals surface area contributed by atoms with Crippen molar-refractivity contribution in [1.29, 1.82) is 0 Å². The molecule has 0 spiro atoms. The van der Waals surface area contributed by atoms with Crippen LogP contribution in [0.15, 0.2) is 0 Å². The molecule has 1 amide bonds. The third-order valence-corrected chi connectivity index (χ3v) is 1.56. The highest BCUT2D eigenvalue weighted by Gasteiger charge is 2.32. The van der Waals surface area contributed by atoms with Crippen LogP contribution in [0.3, 0.4) is 0 Å². The minimum absolute atomic E-state index is 0. The van der Waals surface area contributed by atoms with Gasteiger partial charge in [0.1, 0.15) is 6.04 Å². The Hall–Kier alpha value is -0.910. The summed E-state index contributed by atoms with van der Waals surface area (Å²) in [5, 5.41) is 11.0. The maximum atomic E-state index is 10.8. The molecule has 0 aliphatic carbocycles. The van der Waals surface area contributed by atoms with Crippen molar-refractivity contribution >= 4 is 25.6 Å². The fraction of sp³-hybridized carbons (Fsp3) is 0.750. The summed E-state index contributed by atoms with van der Waals surface area (Å²) in [7, 11) is 1.19. The number of rotatable bonds is 2. The Morgan fingerprint density at radius 2 is 1.79 bits per heavy atom. The maximum Gasteiger partial charge on any atom is 0.407 e. The Labute approximate surface area is 90.3 Å². The largest absolute Gasteiger partial charge is 0.480 e. The lowest BCUT2D eigenvalue weighted by atomic mass is 9.87. The summed E-state index contributed by atoms with van der Waals surface area (Å²) in [5.74, 6) is -1.07. The monoisotopic (exact) mass is 223 g/mol. The summed E-state index contributed by atoms with van der Waals surface area (Å²) >= 11 is 0. The number of carboxylic acid groups (broad SMARTS) is 1. The Morgan fingerprint density at radius 3 is 2.00 bits per heavy atom. The summed E-state index contributed by atoms with van der Waals surface area (Å²) in [4.78, 5) is 21.5. The van der Waals surface area contributed by atoms with Crippen molar-refractivity contribution in [1.82, 2.24) is 5.32 Å². The van der Waals surface area contributed by atoms with E-state index in [0.717, 1.165) is 0 Å². The molecule has 0 aromatic carbocycles. The molecule has 0 rings (SSSR count). The molecule has 0 unspecified atom stereocenters. The van der Waals surface area contributed by atoms with Crippen molar-refractivity contribution in [2.24, 2.45) is 5.41 Å². The van der Waals surface area contributed by atoms with Crippen LogP contribution < -0.4 is 5.32 Å². The topological polar surface area (TPSA) is 75.6 Å². The van der Waals surface area contributed by atoms with Crippen LogP contribution in [-0.4, -0.2) is 30.3 Å². The van der Waals surface area contributed by atoms with Crippen LogP contribution in [0.2, 0.25) is 0 Å². The highest BCUT2D eigenvalue weighted by atomic mass is 32.1. The average Bonchev–Trinajstić information content (AvgIpc) is 1.96. The number of hydrogen-bond acceptors (Lipinski definition) is 3. The van der Waals surface area contributed by atoms with Crippen LogP contribution in [0.25, 0.3) is 0 Å². The normalized spacial score (nSPS) is 12.3. The number of ether oxygens (including phenoxy) is 1. The highest BCUT2D eigenvalue weighted by molar-refractivity contribution is 7.59. The quantitative estimate of drug-likeness (QED) is 0.731. The zero-order valence-electron chi connectivity index (χ0n) is 8.75. The van der Waals surface area contributed by atoms with Gasteiger partial charge in [-0.25, -0.2) is 9.59 Å². The first kappa shape index (κ1) is 15.6. The lowest BCUT2D eigenvalue weighted by Crippen LogP contribution is -2.49. The summed E-state index contributed by atoms with van der Waals surface area (Å²) < 4.78 is 4.31. The number of aliphatic carboxylic acids is 1. The molecule has 0 bridgehead atoms. The Bertz CT molecular complexity index is 212. The van der Waals surface area contributed by atoms with Crippen LogP contribution in [-0.2, 0) is 9.53 Å². The van der Waals surface area contributed by atoms with E-state index in [9.17, 15) is 9.59 Å². The number of methoxy groups -OCH3 is 1. The molecule has 0 aliphatic heterocycles. The second-order valence-electron chi connectivity index (χ2n) is 3.77. The standard InChI is InChI=1S/C8H15NO4.H2S/c1-8(2,3)5(6(10)11)9-7(12)13-4;/h5H,1-4H3,(H,9,12)(H,10,11);1H2/t5-;/m1./s1. The molecule has 0 saturated carbocycles. The molecule has 0 fully saturated rings. The number of hydrogen-bond donors (Lipinski definition) is 2. The lowest BCUT2D eigenvalue weighted by Gasteiger charge is -2.26. The minimum Gasteiger partial charge on any atom is -0.480 e. The van der Waals surface area contributed by atoms with Crippen molar-refractivity contribution in [3.05, 3.63) is 0 Å². The van der Waals surface area contributed by atoms with Gasteiger partial charge in [0.05, 0.1) is 7.11 Å². The molecule has 0 aliphatic rings. The molecule has 5 nitrogen and oxygen atoms in total. The summed E-state index contributed by atoms with van der Waals surface area (Å²) in [6.45, 7) is 5.17. The van der Waals surface area contributed by atoms with Crippen molar-refractivity contribution in [2.75, 3.05) is 7.11 Å². The number of carbonyl (C=O) groups is 2. The summed E-state index contributed by atoms with van der Waals surface area (Å²) in [5.41, 5.74) is -0.542. The molecule has 14 heavy (non-hydrogen) atoms. The van der Waals surface area contributed by atoms with Crippen molar-refractivity contribution in [2.45, 2.75) is 26.8 Å². The highest BCUT2D eigenvalue weighted by Crippen LogP contribution is 2.19. The molecule has 0 aromatic heterocycles. The molecular weight excluding hydrogens is 206 g/mol. The van der Waals surface area contributed by atoms with E-state index in [-0.39, 0.29) is 13.5 Å². The zero-order valence-corrected chi connectivity index (χ0v) is 9.75. The molecule has 0 heterocycles. The van der Waals surface area contributed by atoms with E-state index in [0.29, 0.717) is 0 Å². The molecular formula is C8H17NO4S. The molecule has 0 aromatic rings. The first-order chi connectivity index (χ1) is 5.79. The third kappa shape index (κ3) is 4.96. The second kappa shape index (κ2) is 5.74. The Kier molecular flexibility index (Phi) is 6.38. The van der Waals surface area contributed by atoms with Crippen molar-refractivity contribution in [3.8, 4) is 0 Å². The Balaban J connectivity index is 0. The van der Waals surface area contributed by atoms with Gasteiger partial charge in [-0.15, -0.1) is 0 Å². The van der Waals surface area contributed by atoms with Crippen LogP contribution in [0, 0.1) is 5.41 Å². The molecule has 84 valence electrons. The van der Waals surface area contributed by atoms with E-state index >= 15 is 0 Å². The second-order valence-corrected chi connectivity index (χ2v) is 3.77. The fourth-order valence-electron chi connectivity index (χ4n) is 0.825. The third-order valence-electron chi connectivity index (χ3n) is 1.56. The first-order valence-electron chi connectivity index (χ1n) is 3.86. The number of alkyl carbamates (subject to hydrolysis) is 1. The van der Waals surface area contributed by atoms with Crippen LogP contribution in [0.4, 0.5) is 4.79 Å². The maximum absolute atomic E-state index is 10.8. The van der Waals surface area contributed by atoms with Gasteiger partial charge in [-0.1, -0.05) is 20.8 Å². The van der Waals surface area contributed by atoms with Crippen LogP contribution in [0.5, 0.6) is 0 Å². The predicted molar refractivity (Wildman–Crippen MR) is 56.8 cm³/mol. The lowest BCUT2D eigenvalue weighted by molar-refractivity contribution is -0.142. The van der Waals surface area contributed by atoms with E-state index in [2.05, 4.69) is 10.1 Å². The number of carbonyl (C=O) groups excluding carboxylic acids is 1. The number of carboxylic acids is 1. The number of amides is 1. The predicted octanol–water partition coefficient (Wildman–Crippen LogP) is 0.954. The number of nitrogens with one attached hydrogen (secondary N) is 1. The van der Waals surface area contributed by atoms with Gasteiger partial charge in [0.25, 0.3) is 0 Å². The Morgan fingerprint density at radius 1 is 1.36 bits per heavy atom. The van der Waals surface area contributed by atoms with Gasteiger partial charge < -0.3 is 15.2 Å². The molecule has 2 N–H and O–H groups in total. The molecule has 0 radical (unpaired) electrons. The van der Waals surface area contributed by atoms with Gasteiger partial charge in [-0.3, -0.25) is 0 Å². The average molecular weight is 223 g/mol. The summed E-state index contributed by atoms with van der Waals surface area (Å²) in [6, 6.07) is -0.944. The van der Waals surface area contributed by atoms with E-state index < -0.39 is 23.5 Å². The van der Waals surface area contributed by atoms with Gasteiger partial charge in [0, 0.05) is 0 Å². The molecule has 1 atom stereocenters. The molecule has 0 saturated heterocycles. The fourth-order valence-corrected chi connectivity index (χ4v) is 0.825. The van der Waals surface area contributed by atoms with E-state index in [4.69, 9.17) is 5.11 Å². The SMILES string of the molecule is COC(=O)N[C@H](C(=O)O)C(C)(C)C.S. The minimum atomic E-state index is -1.07. The van der Waals surface area contributed by atoms with Gasteiger partial charge in [0.15, 0.2) is 0 Å². The van der Waals surface area contributed by atoms with Gasteiger partial charge >= 0.3 is 12.1 Å². The van der Waals surface area contributed by atoms with Crippen molar-refractivity contribution in [3.63, 3.8) is 0 Å². The van der Waals surface area contributed by atoms with E-state index in [1.165, 1.54) is 7.11 Å². The zero-order chi connectivity index (χ0) is 10.6. The van der Waals surface area contributed by atoms with E-state index in [1.807, 2.05) is 0 Å². The van der Waals surface area contributed by atoms with Gasteiger partial charge in [-0.05, 0) is 5.41 Å². The molecule has 6 heteroatoms. The van der Waals surface area contributed by atoms with Gasteiger partial charge in [0.2, 0.25) is 0 Å². The summed E-state index contributed by atoms with van der Waals surface area (Å²) in [6.07, 6.45) is -0.734.